The second-order valence-corrected chi connectivity index (χ2v) is 8.99. The Bertz CT molecular complexity index is 798. The van der Waals surface area contributed by atoms with Crippen molar-refractivity contribution in [2.24, 2.45) is 0 Å². The van der Waals surface area contributed by atoms with Crippen LogP contribution in [0.15, 0.2) is 18.2 Å². The van der Waals surface area contributed by atoms with Crippen molar-refractivity contribution in [2.75, 3.05) is 14.2 Å². The average molecular weight is 386 g/mol. The van der Waals surface area contributed by atoms with E-state index < -0.39 is 0 Å². The summed E-state index contributed by atoms with van der Waals surface area (Å²) in [5.41, 5.74) is 4.35. The highest BCUT2D eigenvalue weighted by molar-refractivity contribution is 7.12. The number of hydrogen-bond donors (Lipinski definition) is 1. The Morgan fingerprint density at radius 3 is 2.63 bits per heavy atom. The van der Waals surface area contributed by atoms with E-state index in [1.807, 2.05) is 0 Å². The Morgan fingerprint density at radius 1 is 1.04 bits per heavy atom. The molecule has 0 bridgehead atoms. The Morgan fingerprint density at radius 2 is 1.85 bits per heavy atom. The molecule has 1 aliphatic carbocycles. The summed E-state index contributed by atoms with van der Waals surface area (Å²) in [7, 11) is 3.45. The second kappa shape index (κ2) is 8.24. The number of thiophene rings is 1. The van der Waals surface area contributed by atoms with Gasteiger partial charge in [0.15, 0.2) is 11.5 Å². The number of unbranched alkanes of at least 4 members (excludes halogenated alkanes) is 3. The van der Waals surface area contributed by atoms with Gasteiger partial charge in [-0.2, -0.15) is 0 Å². The molecular weight excluding hydrogens is 354 g/mol. The van der Waals surface area contributed by atoms with Gasteiger partial charge >= 0.3 is 0 Å². The highest BCUT2D eigenvalue weighted by Crippen LogP contribution is 2.47. The molecule has 2 heterocycles. The first-order chi connectivity index (χ1) is 13.2. The van der Waals surface area contributed by atoms with Gasteiger partial charge in [0, 0.05) is 28.3 Å². The van der Waals surface area contributed by atoms with Gasteiger partial charge in [-0.3, -0.25) is 0 Å². The molecule has 146 valence electrons. The van der Waals surface area contributed by atoms with Gasteiger partial charge in [0.1, 0.15) is 0 Å². The fourth-order valence-electron chi connectivity index (χ4n) is 4.67. The number of ether oxygens (including phenoxy) is 2. The first-order valence-corrected chi connectivity index (χ1v) is 11.2. The van der Waals surface area contributed by atoms with Gasteiger partial charge in [-0.1, -0.05) is 26.2 Å². The third-order valence-electron chi connectivity index (χ3n) is 6.11. The van der Waals surface area contributed by atoms with E-state index in [9.17, 15) is 0 Å². The van der Waals surface area contributed by atoms with Crippen molar-refractivity contribution in [3.8, 4) is 11.5 Å². The molecular formula is C23H31NO2S. The van der Waals surface area contributed by atoms with Crippen LogP contribution in [0.3, 0.4) is 0 Å². The zero-order valence-electron chi connectivity index (χ0n) is 16.8. The van der Waals surface area contributed by atoms with Crippen LogP contribution in [0.2, 0.25) is 0 Å². The molecule has 0 amide bonds. The van der Waals surface area contributed by atoms with Crippen LogP contribution in [0, 0.1) is 0 Å². The van der Waals surface area contributed by atoms with Crippen LogP contribution < -0.4 is 14.8 Å². The maximum absolute atomic E-state index is 5.61. The van der Waals surface area contributed by atoms with E-state index in [4.69, 9.17) is 9.47 Å². The third kappa shape index (κ3) is 3.62. The van der Waals surface area contributed by atoms with E-state index in [2.05, 4.69) is 41.8 Å². The largest absolute Gasteiger partial charge is 0.493 e. The van der Waals surface area contributed by atoms with Crippen molar-refractivity contribution in [2.45, 2.75) is 70.4 Å². The minimum atomic E-state index is 0.451. The van der Waals surface area contributed by atoms with Gasteiger partial charge in [-0.15, -0.1) is 11.3 Å². The molecule has 1 aromatic heterocycles. The normalized spacial score (nSPS) is 20.6. The van der Waals surface area contributed by atoms with Crippen molar-refractivity contribution < 1.29 is 9.47 Å². The van der Waals surface area contributed by atoms with Gasteiger partial charge < -0.3 is 14.8 Å². The van der Waals surface area contributed by atoms with E-state index in [-0.39, 0.29) is 0 Å². The summed E-state index contributed by atoms with van der Waals surface area (Å²) in [6.45, 7) is 3.30. The molecule has 0 unspecified atom stereocenters. The number of methoxy groups -OCH3 is 2. The molecule has 0 fully saturated rings. The molecule has 0 spiro atoms. The Labute approximate surface area is 167 Å². The van der Waals surface area contributed by atoms with Crippen LogP contribution >= 0.6 is 11.3 Å². The summed E-state index contributed by atoms with van der Waals surface area (Å²) in [4.78, 5) is 3.14. The highest BCUT2D eigenvalue weighted by Gasteiger charge is 2.37. The highest BCUT2D eigenvalue weighted by atomic mass is 32.1. The second-order valence-electron chi connectivity index (χ2n) is 7.82. The van der Waals surface area contributed by atoms with Gasteiger partial charge in [0.05, 0.1) is 14.2 Å². The van der Waals surface area contributed by atoms with Crippen LogP contribution in [-0.2, 0) is 19.4 Å². The first kappa shape index (κ1) is 18.8. The van der Waals surface area contributed by atoms with E-state index in [1.165, 1.54) is 55.2 Å². The molecule has 1 aromatic carbocycles. The predicted molar refractivity (Wildman–Crippen MR) is 113 cm³/mol. The molecule has 4 heteroatoms. The Kier molecular flexibility index (Phi) is 5.74. The molecule has 1 aliphatic heterocycles. The maximum Gasteiger partial charge on any atom is 0.161 e. The number of benzene rings is 1. The molecule has 2 aromatic rings. The summed E-state index contributed by atoms with van der Waals surface area (Å²) in [5, 5.41) is 3.81. The van der Waals surface area contributed by atoms with Gasteiger partial charge in [0.2, 0.25) is 0 Å². The first-order valence-electron chi connectivity index (χ1n) is 10.3. The molecule has 1 N–H and O–H groups in total. The molecule has 0 saturated heterocycles. The SMILES string of the molecule is CCCCCCc1cc2c(s1)[C@H]1c3cc(OC)c(OC)cc3CC[C@@H]1NC2. The summed E-state index contributed by atoms with van der Waals surface area (Å²) in [6.07, 6.45) is 8.85. The molecule has 3 nitrogen and oxygen atoms in total. The Balaban J connectivity index is 1.65. The zero-order chi connectivity index (χ0) is 18.8. The smallest absolute Gasteiger partial charge is 0.161 e. The number of hydrogen-bond acceptors (Lipinski definition) is 4. The van der Waals surface area contributed by atoms with Crippen molar-refractivity contribution in [1.29, 1.82) is 0 Å². The van der Waals surface area contributed by atoms with E-state index in [0.717, 1.165) is 24.5 Å². The summed E-state index contributed by atoms with van der Waals surface area (Å²) < 4.78 is 11.1. The lowest BCUT2D eigenvalue weighted by Crippen LogP contribution is -2.41. The molecule has 4 rings (SSSR count). The summed E-state index contributed by atoms with van der Waals surface area (Å²) >= 11 is 2.05. The quantitative estimate of drug-likeness (QED) is 0.644. The van der Waals surface area contributed by atoms with Crippen LogP contribution in [0.25, 0.3) is 0 Å². The van der Waals surface area contributed by atoms with Crippen molar-refractivity contribution in [3.05, 3.63) is 44.6 Å². The van der Waals surface area contributed by atoms with E-state index in [1.54, 1.807) is 24.0 Å². The summed E-state index contributed by atoms with van der Waals surface area (Å²) in [5.74, 6) is 2.15. The van der Waals surface area contributed by atoms with Crippen LogP contribution in [-0.4, -0.2) is 20.3 Å². The van der Waals surface area contributed by atoms with Crippen molar-refractivity contribution in [1.82, 2.24) is 5.32 Å². The van der Waals surface area contributed by atoms with Crippen LogP contribution in [0.1, 0.15) is 71.4 Å². The lowest BCUT2D eigenvalue weighted by atomic mass is 9.75. The number of fused-ring (bicyclic) bond motifs is 5. The standard InChI is InChI=1S/C23H31NO2S/c1-4-5-6-7-8-17-11-16-14-24-19-10-9-15-12-20(25-2)21(26-3)13-18(15)22(19)23(16)27-17/h11-13,19,22,24H,4-10,14H2,1-3H3/t19-,22-/m0/s1. The molecule has 2 aliphatic rings. The van der Waals surface area contributed by atoms with Gasteiger partial charge in [0.25, 0.3) is 0 Å². The predicted octanol–water partition coefficient (Wildman–Crippen LogP) is 5.44. The lowest BCUT2D eigenvalue weighted by molar-refractivity contribution is 0.349. The number of aryl methyl sites for hydroxylation is 2. The number of rotatable bonds is 7. The molecule has 27 heavy (non-hydrogen) atoms. The van der Waals surface area contributed by atoms with E-state index >= 15 is 0 Å². The van der Waals surface area contributed by atoms with Gasteiger partial charge in [-0.25, -0.2) is 0 Å². The topological polar surface area (TPSA) is 30.5 Å². The van der Waals surface area contributed by atoms with Crippen LogP contribution in [0.4, 0.5) is 0 Å². The van der Waals surface area contributed by atoms with E-state index in [0.29, 0.717) is 12.0 Å². The van der Waals surface area contributed by atoms with Crippen molar-refractivity contribution in [3.63, 3.8) is 0 Å². The van der Waals surface area contributed by atoms with Crippen LogP contribution in [0.5, 0.6) is 11.5 Å². The molecule has 2 atom stereocenters. The monoisotopic (exact) mass is 385 g/mol. The lowest BCUT2D eigenvalue weighted by Gasteiger charge is -2.38. The molecule has 0 saturated carbocycles. The zero-order valence-corrected chi connectivity index (χ0v) is 17.6. The van der Waals surface area contributed by atoms with Gasteiger partial charge in [-0.05, 0) is 60.6 Å². The minimum Gasteiger partial charge on any atom is -0.493 e. The fourth-order valence-corrected chi connectivity index (χ4v) is 6.08. The molecule has 0 radical (unpaired) electrons. The summed E-state index contributed by atoms with van der Waals surface area (Å²) in [6, 6.07) is 7.42. The number of nitrogens with one attached hydrogen (secondary N) is 1. The third-order valence-corrected chi connectivity index (χ3v) is 7.43. The Hall–Kier alpha value is -1.52. The minimum absolute atomic E-state index is 0.451. The van der Waals surface area contributed by atoms with Crippen molar-refractivity contribution >= 4 is 11.3 Å². The fraction of sp³-hybridized carbons (Fsp3) is 0.565. The maximum atomic E-state index is 5.61. The average Bonchev–Trinajstić information content (AvgIpc) is 3.12.